The number of likely N-dealkylation sites (tertiary alicyclic amines) is 2. The van der Waals surface area contributed by atoms with E-state index in [0.29, 0.717) is 55.0 Å². The largest absolute Gasteiger partial charge is 0.493 e. The van der Waals surface area contributed by atoms with Gasteiger partial charge < -0.3 is 14.5 Å². The molecule has 0 aromatic heterocycles. The smallest absolute Gasteiger partial charge is 0.253 e. The van der Waals surface area contributed by atoms with Gasteiger partial charge >= 0.3 is 0 Å². The van der Waals surface area contributed by atoms with E-state index in [4.69, 9.17) is 4.74 Å². The molecule has 7 nitrogen and oxygen atoms in total. The second-order valence-corrected chi connectivity index (χ2v) is 11.1. The number of hydrogen-bond donors (Lipinski definition) is 0. The molecule has 6 rings (SSSR count). The van der Waals surface area contributed by atoms with Crippen molar-refractivity contribution in [3.05, 3.63) is 106 Å². The van der Waals surface area contributed by atoms with Gasteiger partial charge in [0.05, 0.1) is 6.61 Å². The van der Waals surface area contributed by atoms with Crippen LogP contribution in [0.2, 0.25) is 0 Å². The quantitative estimate of drug-likeness (QED) is 0.327. The molecule has 0 N–H and O–H groups in total. The predicted octanol–water partition coefficient (Wildman–Crippen LogP) is 5.03. The predicted molar refractivity (Wildman–Crippen MR) is 155 cm³/mol. The highest BCUT2D eigenvalue weighted by Crippen LogP contribution is 2.41. The standard InChI is InChI=1S/C34H32N2O5/c1-2-41-29-10-6-3-7-23(29)12-14-30(37)35-18-15-34(16-19-35)17-20-36(22-34)33(40)24-11-13-27-28(21-24)32(39)26-9-5-4-8-25(26)31(27)38/h3-14,21H,2,15-20,22H2,1H3. The molecule has 0 bridgehead atoms. The summed E-state index contributed by atoms with van der Waals surface area (Å²) in [4.78, 5) is 56.2. The van der Waals surface area contributed by atoms with Gasteiger partial charge in [0.2, 0.25) is 5.91 Å². The van der Waals surface area contributed by atoms with Crippen molar-refractivity contribution in [2.75, 3.05) is 32.8 Å². The first-order valence-electron chi connectivity index (χ1n) is 14.2. The number of fused-ring (bicyclic) bond motifs is 2. The van der Waals surface area contributed by atoms with Crippen LogP contribution in [-0.4, -0.2) is 66.0 Å². The third-order valence-electron chi connectivity index (χ3n) is 8.66. The van der Waals surface area contributed by atoms with E-state index in [0.717, 1.165) is 30.6 Å². The summed E-state index contributed by atoms with van der Waals surface area (Å²) in [6, 6.07) is 19.3. The minimum absolute atomic E-state index is 0.0172. The van der Waals surface area contributed by atoms with Gasteiger partial charge in [0.15, 0.2) is 11.6 Å². The summed E-state index contributed by atoms with van der Waals surface area (Å²) in [5.74, 6) is 0.191. The Hall–Kier alpha value is -4.52. The van der Waals surface area contributed by atoms with Gasteiger partial charge in [0.1, 0.15) is 5.75 Å². The number of carbonyl (C=O) groups is 4. The molecule has 3 aromatic rings. The first-order valence-corrected chi connectivity index (χ1v) is 14.2. The number of ether oxygens (including phenoxy) is 1. The van der Waals surface area contributed by atoms with Crippen LogP contribution in [0.1, 0.15) is 74.0 Å². The topological polar surface area (TPSA) is 84.0 Å². The summed E-state index contributed by atoms with van der Waals surface area (Å²) in [6.07, 6.45) is 5.97. The Bertz CT molecular complexity index is 1580. The van der Waals surface area contributed by atoms with Crippen LogP contribution in [-0.2, 0) is 4.79 Å². The van der Waals surface area contributed by atoms with E-state index >= 15 is 0 Å². The Morgan fingerprint density at radius 2 is 1.41 bits per heavy atom. The maximum atomic E-state index is 13.5. The van der Waals surface area contributed by atoms with E-state index in [9.17, 15) is 19.2 Å². The summed E-state index contributed by atoms with van der Waals surface area (Å²) >= 11 is 0. The zero-order chi connectivity index (χ0) is 28.6. The van der Waals surface area contributed by atoms with Crippen molar-refractivity contribution in [2.45, 2.75) is 26.2 Å². The number of amides is 2. The number of ketones is 2. The van der Waals surface area contributed by atoms with Crippen LogP contribution < -0.4 is 4.74 Å². The van der Waals surface area contributed by atoms with Gasteiger partial charge in [-0.05, 0) is 61.9 Å². The molecule has 0 unspecified atom stereocenters. The van der Waals surface area contributed by atoms with Gasteiger partial charge in [0.25, 0.3) is 5.91 Å². The Labute approximate surface area is 239 Å². The molecule has 3 aliphatic rings. The Balaban J connectivity index is 1.09. The van der Waals surface area contributed by atoms with Gasteiger partial charge in [-0.25, -0.2) is 0 Å². The monoisotopic (exact) mass is 548 g/mol. The molecule has 1 spiro atoms. The summed E-state index contributed by atoms with van der Waals surface area (Å²) < 4.78 is 5.65. The number of piperidine rings is 1. The first-order chi connectivity index (χ1) is 19.9. The zero-order valence-electron chi connectivity index (χ0n) is 23.1. The van der Waals surface area contributed by atoms with Gasteiger partial charge in [-0.3, -0.25) is 19.2 Å². The molecule has 2 fully saturated rings. The maximum Gasteiger partial charge on any atom is 0.253 e. The Morgan fingerprint density at radius 1 is 0.805 bits per heavy atom. The first kappa shape index (κ1) is 26.7. The van der Waals surface area contributed by atoms with E-state index in [1.165, 1.54) is 0 Å². The van der Waals surface area contributed by atoms with E-state index in [1.54, 1.807) is 48.5 Å². The number of benzene rings is 3. The van der Waals surface area contributed by atoms with Crippen molar-refractivity contribution in [1.29, 1.82) is 0 Å². The fraction of sp³-hybridized carbons (Fsp3) is 0.294. The highest BCUT2D eigenvalue weighted by molar-refractivity contribution is 6.28. The van der Waals surface area contributed by atoms with E-state index < -0.39 is 0 Å². The maximum absolute atomic E-state index is 13.5. The lowest BCUT2D eigenvalue weighted by Crippen LogP contribution is -2.44. The molecule has 2 amide bonds. The van der Waals surface area contributed by atoms with Crippen LogP contribution in [0.5, 0.6) is 5.75 Å². The van der Waals surface area contributed by atoms with Crippen LogP contribution in [0, 0.1) is 5.41 Å². The summed E-state index contributed by atoms with van der Waals surface area (Å²) in [5, 5.41) is 0. The van der Waals surface area contributed by atoms with Crippen LogP contribution in [0.25, 0.3) is 6.08 Å². The molecular weight excluding hydrogens is 516 g/mol. The molecule has 1 aliphatic carbocycles. The molecular formula is C34H32N2O5. The lowest BCUT2D eigenvalue weighted by Gasteiger charge is -2.39. The average Bonchev–Trinajstić information content (AvgIpc) is 3.42. The molecule has 3 aromatic carbocycles. The van der Waals surface area contributed by atoms with E-state index in [2.05, 4.69) is 0 Å². The minimum atomic E-state index is -0.227. The highest BCUT2D eigenvalue weighted by atomic mass is 16.5. The van der Waals surface area contributed by atoms with Crippen molar-refractivity contribution >= 4 is 29.5 Å². The molecule has 208 valence electrons. The third-order valence-corrected chi connectivity index (χ3v) is 8.66. The Morgan fingerprint density at radius 3 is 2.12 bits per heavy atom. The number of rotatable bonds is 5. The van der Waals surface area contributed by atoms with Crippen LogP contribution in [0.3, 0.4) is 0 Å². The molecule has 2 saturated heterocycles. The van der Waals surface area contributed by atoms with Crippen LogP contribution >= 0.6 is 0 Å². The zero-order valence-corrected chi connectivity index (χ0v) is 23.1. The van der Waals surface area contributed by atoms with Crippen molar-refractivity contribution in [3.63, 3.8) is 0 Å². The minimum Gasteiger partial charge on any atom is -0.493 e. The Kier molecular flexibility index (Phi) is 7.03. The fourth-order valence-electron chi connectivity index (χ4n) is 6.30. The van der Waals surface area contributed by atoms with Gasteiger partial charge in [-0.2, -0.15) is 0 Å². The lowest BCUT2D eigenvalue weighted by atomic mass is 9.77. The normalized spacial score (nSPS) is 17.6. The number of hydrogen-bond acceptors (Lipinski definition) is 5. The molecule has 41 heavy (non-hydrogen) atoms. The van der Waals surface area contributed by atoms with E-state index in [-0.39, 0.29) is 34.4 Å². The fourth-order valence-corrected chi connectivity index (χ4v) is 6.30. The molecule has 2 aliphatic heterocycles. The lowest BCUT2D eigenvalue weighted by molar-refractivity contribution is -0.128. The van der Waals surface area contributed by atoms with Crippen molar-refractivity contribution in [1.82, 2.24) is 9.80 Å². The van der Waals surface area contributed by atoms with Crippen molar-refractivity contribution in [2.24, 2.45) is 5.41 Å². The van der Waals surface area contributed by atoms with Gasteiger partial charge in [-0.15, -0.1) is 0 Å². The van der Waals surface area contributed by atoms with Crippen LogP contribution in [0.4, 0.5) is 0 Å². The third kappa shape index (κ3) is 4.97. The number of para-hydroxylation sites is 1. The van der Waals surface area contributed by atoms with E-state index in [1.807, 2.05) is 47.1 Å². The van der Waals surface area contributed by atoms with Gasteiger partial charge in [0, 0.05) is 65.6 Å². The summed E-state index contributed by atoms with van der Waals surface area (Å²) in [5.41, 5.74) is 2.69. The summed E-state index contributed by atoms with van der Waals surface area (Å²) in [7, 11) is 0. The molecule has 0 atom stereocenters. The average molecular weight is 549 g/mol. The van der Waals surface area contributed by atoms with Gasteiger partial charge in [-0.1, -0.05) is 42.5 Å². The second kappa shape index (κ2) is 10.8. The number of nitrogens with zero attached hydrogens (tertiary/aromatic N) is 2. The SMILES string of the molecule is CCOc1ccccc1C=CC(=O)N1CCC2(CC1)CCN(C(=O)c1ccc3c(c1)C(=O)c1ccccc1C3=O)C2. The summed E-state index contributed by atoms with van der Waals surface area (Å²) in [6.45, 7) is 5.04. The van der Waals surface area contributed by atoms with Crippen LogP contribution in [0.15, 0.2) is 72.8 Å². The highest BCUT2D eigenvalue weighted by Gasteiger charge is 2.43. The second-order valence-electron chi connectivity index (χ2n) is 11.1. The molecule has 2 heterocycles. The molecule has 0 radical (unpaired) electrons. The number of carbonyl (C=O) groups excluding carboxylic acids is 4. The van der Waals surface area contributed by atoms with Crippen molar-refractivity contribution < 1.29 is 23.9 Å². The van der Waals surface area contributed by atoms with Crippen molar-refractivity contribution in [3.8, 4) is 5.75 Å². The molecule has 0 saturated carbocycles. The molecule has 7 heteroatoms.